The molecule has 0 unspecified atom stereocenters. The minimum absolute atomic E-state index is 0.00947. The Labute approximate surface area is 188 Å². The van der Waals surface area contributed by atoms with Gasteiger partial charge in [-0.15, -0.1) is 0 Å². The van der Waals surface area contributed by atoms with E-state index in [-0.39, 0.29) is 22.3 Å². The van der Waals surface area contributed by atoms with Crippen molar-refractivity contribution in [1.29, 1.82) is 0 Å². The van der Waals surface area contributed by atoms with Gasteiger partial charge in [-0.3, -0.25) is 14.4 Å². The summed E-state index contributed by atoms with van der Waals surface area (Å²) in [5, 5.41) is 0. The summed E-state index contributed by atoms with van der Waals surface area (Å²) in [5.74, 6) is -2.79. The number of esters is 1. The van der Waals surface area contributed by atoms with E-state index in [2.05, 4.69) is 0 Å². The van der Waals surface area contributed by atoms with Crippen molar-refractivity contribution >= 4 is 29.3 Å². The fourth-order valence-electron chi connectivity index (χ4n) is 3.44. The highest BCUT2D eigenvalue weighted by atomic mass is 19.1. The van der Waals surface area contributed by atoms with Gasteiger partial charge in [-0.25, -0.2) is 14.1 Å². The van der Waals surface area contributed by atoms with Gasteiger partial charge in [0.05, 0.1) is 34.5 Å². The molecule has 0 atom stereocenters. The van der Waals surface area contributed by atoms with Crippen molar-refractivity contribution in [2.24, 2.45) is 0 Å². The van der Waals surface area contributed by atoms with Gasteiger partial charge in [0.15, 0.2) is 6.61 Å². The number of hydrogen-bond donors (Lipinski definition) is 0. The van der Waals surface area contributed by atoms with E-state index in [0.29, 0.717) is 18.0 Å². The Bertz CT molecular complexity index is 1270. The average Bonchev–Trinajstić information content (AvgIpc) is 3.07. The molecule has 4 rings (SSSR count). The van der Waals surface area contributed by atoms with Crippen LogP contribution in [0.25, 0.3) is 0 Å². The van der Waals surface area contributed by atoms with E-state index in [9.17, 15) is 23.6 Å². The summed E-state index contributed by atoms with van der Waals surface area (Å²) < 4.78 is 24.1. The molecule has 2 amide bonds. The molecule has 1 aliphatic rings. The number of Topliss-reactive ketones (excluding diaryl/α,β-unsaturated/α-hetero) is 1. The van der Waals surface area contributed by atoms with Crippen molar-refractivity contribution in [3.63, 3.8) is 0 Å². The van der Waals surface area contributed by atoms with Crippen LogP contribution in [0, 0.1) is 5.82 Å². The molecule has 0 radical (unpaired) electrons. The first kappa shape index (κ1) is 21.9. The first-order valence-electron chi connectivity index (χ1n) is 10.1. The maximum absolute atomic E-state index is 13.7. The first-order valence-corrected chi connectivity index (χ1v) is 10.1. The summed E-state index contributed by atoms with van der Waals surface area (Å²) in [5.41, 5.74) is 0.358. The number of carbonyl (C=O) groups is 4. The Kier molecular flexibility index (Phi) is 5.99. The number of ether oxygens (including phenoxy) is 2. The highest BCUT2D eigenvalue weighted by molar-refractivity contribution is 6.34. The Morgan fingerprint density at radius 1 is 0.909 bits per heavy atom. The Morgan fingerprint density at radius 3 is 2.30 bits per heavy atom. The molecule has 0 aliphatic carbocycles. The fourth-order valence-corrected chi connectivity index (χ4v) is 3.44. The number of hydrogen-bond acceptors (Lipinski definition) is 6. The molecule has 0 aromatic heterocycles. The van der Waals surface area contributed by atoms with Crippen LogP contribution in [0.5, 0.6) is 5.75 Å². The lowest BCUT2D eigenvalue weighted by atomic mass is 10.1. The molecule has 1 aliphatic heterocycles. The molecule has 8 heteroatoms. The fraction of sp³-hybridized carbons (Fsp3) is 0.120. The predicted octanol–water partition coefficient (Wildman–Crippen LogP) is 4.06. The third-order valence-electron chi connectivity index (χ3n) is 5.04. The van der Waals surface area contributed by atoms with Gasteiger partial charge in [0, 0.05) is 0 Å². The van der Waals surface area contributed by atoms with E-state index in [1.54, 1.807) is 24.3 Å². The van der Waals surface area contributed by atoms with Crippen LogP contribution in [-0.4, -0.2) is 36.8 Å². The summed E-state index contributed by atoms with van der Waals surface area (Å²) in [6, 6.07) is 15.8. The van der Waals surface area contributed by atoms with Crippen LogP contribution in [-0.2, 0) is 4.74 Å². The van der Waals surface area contributed by atoms with E-state index < -0.39 is 36.0 Å². The van der Waals surface area contributed by atoms with Crippen LogP contribution in [0.2, 0.25) is 0 Å². The van der Waals surface area contributed by atoms with Crippen LogP contribution >= 0.6 is 0 Å². The molecule has 3 aromatic rings. The average molecular weight is 447 g/mol. The molecule has 0 N–H and O–H groups in total. The van der Waals surface area contributed by atoms with Crippen molar-refractivity contribution in [1.82, 2.24) is 0 Å². The normalized spacial score (nSPS) is 12.5. The van der Waals surface area contributed by atoms with Crippen LogP contribution < -0.4 is 9.64 Å². The van der Waals surface area contributed by atoms with Crippen LogP contribution in [0.4, 0.5) is 10.1 Å². The minimum atomic E-state index is -0.873. The quantitative estimate of drug-likeness (QED) is 0.308. The van der Waals surface area contributed by atoms with Gasteiger partial charge in [-0.05, 0) is 61.5 Å². The van der Waals surface area contributed by atoms with E-state index in [0.717, 1.165) is 11.0 Å². The molecule has 33 heavy (non-hydrogen) atoms. The highest BCUT2D eigenvalue weighted by Crippen LogP contribution is 2.30. The van der Waals surface area contributed by atoms with E-state index in [1.807, 2.05) is 6.92 Å². The third-order valence-corrected chi connectivity index (χ3v) is 5.04. The molecule has 166 valence electrons. The number of halogens is 1. The number of ketones is 1. The first-order chi connectivity index (χ1) is 15.9. The van der Waals surface area contributed by atoms with Gasteiger partial charge in [-0.1, -0.05) is 12.1 Å². The van der Waals surface area contributed by atoms with Crippen molar-refractivity contribution in [2.45, 2.75) is 6.92 Å². The summed E-state index contributed by atoms with van der Waals surface area (Å²) in [6.45, 7) is 1.66. The van der Waals surface area contributed by atoms with Gasteiger partial charge in [0.25, 0.3) is 11.8 Å². The molecule has 0 fully saturated rings. The van der Waals surface area contributed by atoms with Crippen molar-refractivity contribution in [2.75, 3.05) is 18.1 Å². The number of amides is 2. The van der Waals surface area contributed by atoms with Gasteiger partial charge in [-0.2, -0.15) is 0 Å². The second kappa shape index (κ2) is 9.04. The number of anilines is 1. The second-order valence-corrected chi connectivity index (χ2v) is 7.11. The number of benzene rings is 3. The Balaban J connectivity index is 1.49. The smallest absolute Gasteiger partial charge is 0.338 e. The van der Waals surface area contributed by atoms with E-state index in [1.165, 1.54) is 36.4 Å². The molecule has 7 nitrogen and oxygen atoms in total. The molecule has 1 heterocycles. The molecular formula is C25H18FNO6. The van der Waals surface area contributed by atoms with Gasteiger partial charge >= 0.3 is 5.97 Å². The summed E-state index contributed by atoms with van der Waals surface area (Å²) >= 11 is 0. The molecule has 0 saturated carbocycles. The lowest BCUT2D eigenvalue weighted by molar-refractivity contribution is 0.0473. The molecule has 0 saturated heterocycles. The largest absolute Gasteiger partial charge is 0.494 e. The number of fused-ring (bicyclic) bond motifs is 1. The van der Waals surface area contributed by atoms with Gasteiger partial charge < -0.3 is 9.47 Å². The number of carbonyl (C=O) groups excluding carboxylic acids is 4. The minimum Gasteiger partial charge on any atom is -0.494 e. The van der Waals surface area contributed by atoms with Crippen molar-refractivity contribution < 1.29 is 33.0 Å². The van der Waals surface area contributed by atoms with Crippen LogP contribution in [0.15, 0.2) is 66.7 Å². The second-order valence-electron chi connectivity index (χ2n) is 7.11. The lowest BCUT2D eigenvalue weighted by Crippen LogP contribution is -2.29. The molecule has 0 spiro atoms. The standard InChI is InChI=1S/C25H18FNO6/c1-2-32-17-10-8-16(9-11-17)27-23(29)18-12-7-15(13-20(18)24(27)30)25(31)33-14-22(28)19-5-3-4-6-21(19)26/h3-13H,2,14H2,1H3. The van der Waals surface area contributed by atoms with Crippen LogP contribution in [0.3, 0.4) is 0 Å². The van der Waals surface area contributed by atoms with Gasteiger partial charge in [0.1, 0.15) is 11.6 Å². The zero-order chi connectivity index (χ0) is 23.5. The lowest BCUT2D eigenvalue weighted by Gasteiger charge is -2.14. The monoisotopic (exact) mass is 447 g/mol. The topological polar surface area (TPSA) is 90.0 Å². The van der Waals surface area contributed by atoms with Crippen molar-refractivity contribution in [3.05, 3.63) is 94.8 Å². The Morgan fingerprint density at radius 2 is 1.61 bits per heavy atom. The van der Waals surface area contributed by atoms with Gasteiger partial charge in [0.2, 0.25) is 5.78 Å². The number of rotatable bonds is 7. The van der Waals surface area contributed by atoms with Crippen LogP contribution in [0.1, 0.15) is 48.4 Å². The van der Waals surface area contributed by atoms with E-state index >= 15 is 0 Å². The number of nitrogens with zero attached hydrogens (tertiary/aromatic N) is 1. The molecule has 0 bridgehead atoms. The summed E-state index contributed by atoms with van der Waals surface area (Å²) in [4.78, 5) is 51.2. The van der Waals surface area contributed by atoms with Crippen molar-refractivity contribution in [3.8, 4) is 5.75 Å². The predicted molar refractivity (Wildman–Crippen MR) is 116 cm³/mol. The zero-order valence-electron chi connectivity index (χ0n) is 17.5. The zero-order valence-corrected chi connectivity index (χ0v) is 17.5. The third kappa shape index (κ3) is 4.23. The highest BCUT2D eigenvalue weighted by Gasteiger charge is 2.37. The molecule has 3 aromatic carbocycles. The summed E-state index contributed by atoms with van der Waals surface area (Å²) in [7, 11) is 0. The summed E-state index contributed by atoms with van der Waals surface area (Å²) in [6.07, 6.45) is 0. The van der Waals surface area contributed by atoms with E-state index in [4.69, 9.17) is 9.47 Å². The SMILES string of the molecule is CCOc1ccc(N2C(=O)c3ccc(C(=O)OCC(=O)c4ccccc4F)cc3C2=O)cc1. The Hall–Kier alpha value is -4.33. The molecular weight excluding hydrogens is 429 g/mol. The maximum atomic E-state index is 13.7. The maximum Gasteiger partial charge on any atom is 0.338 e. The number of imide groups is 1.